The minimum atomic E-state index is -0.439. The lowest BCUT2D eigenvalue weighted by Gasteiger charge is -2.08. The van der Waals surface area contributed by atoms with Gasteiger partial charge in [0.1, 0.15) is 5.69 Å². The predicted molar refractivity (Wildman–Crippen MR) is 79.0 cm³/mol. The molecule has 0 aliphatic rings. The van der Waals surface area contributed by atoms with Gasteiger partial charge >= 0.3 is 5.69 Å². The van der Waals surface area contributed by atoms with Gasteiger partial charge in [0.05, 0.1) is 15.8 Å². The van der Waals surface area contributed by atoms with Crippen molar-refractivity contribution in [1.29, 1.82) is 0 Å². The molecule has 1 N–H and O–H groups in total. The molecule has 5 nitrogen and oxygen atoms in total. The zero-order chi connectivity index (χ0) is 13.8. The first-order chi connectivity index (χ1) is 9.11. The number of hydrogen-bond donors (Lipinski definition) is 1. The summed E-state index contributed by atoms with van der Waals surface area (Å²) in [7, 11) is 1.42. The first kappa shape index (κ1) is 13.8. The molecule has 1 aromatic carbocycles. The van der Waals surface area contributed by atoms with E-state index in [4.69, 9.17) is 4.74 Å². The number of anilines is 1. The summed E-state index contributed by atoms with van der Waals surface area (Å²) >= 11 is 4.97. The highest BCUT2D eigenvalue weighted by Crippen LogP contribution is 2.35. The summed E-state index contributed by atoms with van der Waals surface area (Å²) in [6.45, 7) is 0.532. The maximum Gasteiger partial charge on any atom is 0.333 e. The van der Waals surface area contributed by atoms with Crippen molar-refractivity contribution in [3.63, 3.8) is 0 Å². The fourth-order valence-electron chi connectivity index (χ4n) is 1.65. The van der Waals surface area contributed by atoms with Crippen molar-refractivity contribution in [2.45, 2.75) is 6.54 Å². The van der Waals surface area contributed by atoms with Crippen LogP contribution in [0, 0.1) is 10.1 Å². The maximum atomic E-state index is 11.1. The van der Waals surface area contributed by atoms with E-state index in [1.807, 2.05) is 12.1 Å². The number of benzene rings is 1. The third-order valence-electron chi connectivity index (χ3n) is 2.48. The molecule has 1 aromatic heterocycles. The third-order valence-corrected chi connectivity index (χ3v) is 4.11. The van der Waals surface area contributed by atoms with E-state index in [-0.39, 0.29) is 11.4 Å². The number of nitrogens with zero attached hydrogens (tertiary/aromatic N) is 1. The van der Waals surface area contributed by atoms with Gasteiger partial charge in [-0.1, -0.05) is 6.07 Å². The fourth-order valence-corrected chi connectivity index (χ4v) is 3.07. The zero-order valence-electron chi connectivity index (χ0n) is 10.1. The van der Waals surface area contributed by atoms with Crippen molar-refractivity contribution in [2.75, 3.05) is 12.4 Å². The van der Waals surface area contributed by atoms with Crippen LogP contribution in [0.2, 0.25) is 0 Å². The number of thiophene rings is 1. The number of methoxy groups -OCH3 is 1. The van der Waals surface area contributed by atoms with Crippen molar-refractivity contribution in [1.82, 2.24) is 0 Å². The van der Waals surface area contributed by atoms with Crippen LogP contribution in [0.1, 0.15) is 4.88 Å². The first-order valence-electron chi connectivity index (χ1n) is 5.41. The topological polar surface area (TPSA) is 64.4 Å². The lowest BCUT2D eigenvalue weighted by Crippen LogP contribution is -2.03. The van der Waals surface area contributed by atoms with Crippen molar-refractivity contribution < 1.29 is 9.66 Å². The zero-order valence-corrected chi connectivity index (χ0v) is 12.5. The number of nitrogens with one attached hydrogen (secondary N) is 1. The number of nitro groups is 1. The maximum absolute atomic E-state index is 11.1. The lowest BCUT2D eigenvalue weighted by molar-refractivity contribution is -0.384. The molecular weight excluding hydrogens is 332 g/mol. The quantitative estimate of drug-likeness (QED) is 0.657. The number of hydrogen-bond acceptors (Lipinski definition) is 5. The van der Waals surface area contributed by atoms with Crippen LogP contribution < -0.4 is 10.1 Å². The Morgan fingerprint density at radius 1 is 1.42 bits per heavy atom. The predicted octanol–water partition coefficient (Wildman–Crippen LogP) is 4.04. The summed E-state index contributed by atoms with van der Waals surface area (Å²) in [5.41, 5.74) is 0.412. The highest BCUT2D eigenvalue weighted by Gasteiger charge is 2.20. The molecular formula is C12H11BrN2O3S. The summed E-state index contributed by atoms with van der Waals surface area (Å²) in [5, 5.41) is 14.2. The molecule has 0 saturated heterocycles. The van der Waals surface area contributed by atoms with Gasteiger partial charge in [-0.3, -0.25) is 10.1 Å². The smallest absolute Gasteiger partial charge is 0.333 e. The Morgan fingerprint density at radius 3 is 2.79 bits per heavy atom. The summed E-state index contributed by atoms with van der Waals surface area (Å²) < 4.78 is 6.05. The molecule has 0 aliphatic carbocycles. The van der Waals surface area contributed by atoms with E-state index in [0.717, 1.165) is 8.66 Å². The van der Waals surface area contributed by atoms with Gasteiger partial charge in [-0.05, 0) is 40.2 Å². The standard InChI is InChI=1S/C12H11BrN2O3S/c1-18-10-4-2-3-9(12(10)15(16)17)14-7-8-5-6-11(13)19-8/h2-6,14H,7H2,1H3. The van der Waals surface area contributed by atoms with Gasteiger partial charge in [0.2, 0.25) is 0 Å². The molecule has 0 radical (unpaired) electrons. The van der Waals surface area contributed by atoms with Gasteiger partial charge < -0.3 is 10.1 Å². The van der Waals surface area contributed by atoms with Gasteiger partial charge in [0, 0.05) is 11.4 Å². The molecule has 2 aromatic rings. The Balaban J connectivity index is 2.22. The van der Waals surface area contributed by atoms with Crippen LogP contribution in [0.25, 0.3) is 0 Å². The molecule has 0 bridgehead atoms. The minimum absolute atomic E-state index is 0.0411. The molecule has 1 heterocycles. The van der Waals surface area contributed by atoms with E-state index >= 15 is 0 Å². The van der Waals surface area contributed by atoms with Crippen molar-refractivity contribution in [2.24, 2.45) is 0 Å². The SMILES string of the molecule is COc1cccc(NCc2ccc(Br)s2)c1[N+](=O)[O-]. The molecule has 0 amide bonds. The average Bonchev–Trinajstić information content (AvgIpc) is 2.81. The van der Waals surface area contributed by atoms with Crippen molar-refractivity contribution in [3.05, 3.63) is 49.1 Å². The Labute approximate surface area is 122 Å². The van der Waals surface area contributed by atoms with Gasteiger partial charge in [-0.25, -0.2) is 0 Å². The van der Waals surface area contributed by atoms with Crippen molar-refractivity contribution in [3.8, 4) is 5.75 Å². The van der Waals surface area contributed by atoms with E-state index in [1.54, 1.807) is 29.5 Å². The molecule has 0 saturated carbocycles. The molecule has 0 atom stereocenters. The van der Waals surface area contributed by atoms with Crippen LogP contribution in [0.4, 0.5) is 11.4 Å². The van der Waals surface area contributed by atoms with Gasteiger partial charge in [0.15, 0.2) is 5.75 Å². The third kappa shape index (κ3) is 3.24. The van der Waals surface area contributed by atoms with E-state index < -0.39 is 4.92 Å². The van der Waals surface area contributed by atoms with E-state index in [1.165, 1.54) is 7.11 Å². The Morgan fingerprint density at radius 2 is 2.21 bits per heavy atom. The van der Waals surface area contributed by atoms with E-state index in [9.17, 15) is 10.1 Å². The molecule has 0 aliphatic heterocycles. The Bertz CT molecular complexity index is 600. The summed E-state index contributed by atoms with van der Waals surface area (Å²) in [6.07, 6.45) is 0. The molecule has 7 heteroatoms. The van der Waals surface area contributed by atoms with Gasteiger partial charge in [-0.2, -0.15) is 0 Å². The second kappa shape index (κ2) is 6.03. The minimum Gasteiger partial charge on any atom is -0.490 e. The number of nitro benzene ring substituents is 1. The highest BCUT2D eigenvalue weighted by atomic mass is 79.9. The second-order valence-corrected chi connectivity index (χ2v) is 6.22. The highest BCUT2D eigenvalue weighted by molar-refractivity contribution is 9.11. The van der Waals surface area contributed by atoms with Crippen molar-refractivity contribution >= 4 is 38.6 Å². The fraction of sp³-hybridized carbons (Fsp3) is 0.167. The number of para-hydroxylation sites is 1. The van der Waals surface area contributed by atoms with Crippen LogP contribution in [0.5, 0.6) is 5.75 Å². The van der Waals surface area contributed by atoms with Gasteiger partial charge in [0.25, 0.3) is 0 Å². The molecule has 19 heavy (non-hydrogen) atoms. The molecule has 100 valence electrons. The summed E-state index contributed by atoms with van der Waals surface area (Å²) in [5.74, 6) is 0.252. The van der Waals surface area contributed by atoms with Crippen LogP contribution in [-0.4, -0.2) is 12.0 Å². The average molecular weight is 343 g/mol. The van der Waals surface area contributed by atoms with Gasteiger partial charge in [-0.15, -0.1) is 11.3 Å². The molecule has 2 rings (SSSR count). The van der Waals surface area contributed by atoms with Crippen LogP contribution in [-0.2, 0) is 6.54 Å². The van der Waals surface area contributed by atoms with Crippen LogP contribution in [0.15, 0.2) is 34.1 Å². The number of halogens is 1. The normalized spacial score (nSPS) is 10.2. The van der Waals surface area contributed by atoms with Crippen LogP contribution in [0.3, 0.4) is 0 Å². The number of ether oxygens (including phenoxy) is 1. The summed E-state index contributed by atoms with van der Waals surface area (Å²) in [6, 6.07) is 8.88. The lowest BCUT2D eigenvalue weighted by atomic mass is 10.2. The molecule has 0 unspecified atom stereocenters. The van der Waals surface area contributed by atoms with Crippen LogP contribution >= 0.6 is 27.3 Å². The summed E-state index contributed by atoms with van der Waals surface area (Å²) in [4.78, 5) is 11.7. The second-order valence-electron chi connectivity index (χ2n) is 3.67. The number of rotatable bonds is 5. The van der Waals surface area contributed by atoms with E-state index in [0.29, 0.717) is 12.2 Å². The molecule has 0 spiro atoms. The molecule has 0 fully saturated rings. The van der Waals surface area contributed by atoms with E-state index in [2.05, 4.69) is 21.2 Å². The Hall–Kier alpha value is -1.60. The first-order valence-corrected chi connectivity index (χ1v) is 7.02. The monoisotopic (exact) mass is 342 g/mol. The Kier molecular flexibility index (Phi) is 4.39. The largest absolute Gasteiger partial charge is 0.490 e.